The monoisotopic (exact) mass is 395 g/mol. The van der Waals surface area contributed by atoms with Crippen molar-refractivity contribution in [3.8, 4) is 17.4 Å². The van der Waals surface area contributed by atoms with Crippen molar-refractivity contribution in [2.24, 2.45) is 0 Å². The van der Waals surface area contributed by atoms with Crippen molar-refractivity contribution in [1.82, 2.24) is 9.97 Å². The average molecular weight is 396 g/mol. The van der Waals surface area contributed by atoms with Crippen LogP contribution in [-0.4, -0.2) is 30.8 Å². The first kappa shape index (κ1) is 18.3. The number of anilines is 2. The van der Waals surface area contributed by atoms with Crippen LogP contribution in [0.4, 0.5) is 11.6 Å². The first-order valence-corrected chi connectivity index (χ1v) is 8.53. The van der Waals surface area contributed by atoms with Gasteiger partial charge in [0.25, 0.3) is 0 Å². The summed E-state index contributed by atoms with van der Waals surface area (Å²) in [6.45, 7) is 4.69. The number of nitrogens with one attached hydrogen (secondary N) is 1. The van der Waals surface area contributed by atoms with Crippen LogP contribution in [0.3, 0.4) is 0 Å². The summed E-state index contributed by atoms with van der Waals surface area (Å²) in [5, 5.41) is 3.17. The number of unbranched alkanes of at least 4 members (excludes halogenated alkanes) is 1. The SMILES string of the molecule is CCCCOc1nc(Nc2cc(C)c(OC)c(OC)c2)ncc1Br. The summed E-state index contributed by atoms with van der Waals surface area (Å²) < 4.78 is 17.1. The lowest BCUT2D eigenvalue weighted by molar-refractivity contribution is 0.295. The summed E-state index contributed by atoms with van der Waals surface area (Å²) in [6, 6.07) is 3.79. The molecule has 1 aromatic heterocycles. The van der Waals surface area contributed by atoms with Crippen LogP contribution in [0.5, 0.6) is 17.4 Å². The number of aromatic nitrogens is 2. The van der Waals surface area contributed by atoms with Crippen molar-refractivity contribution in [3.05, 3.63) is 28.4 Å². The van der Waals surface area contributed by atoms with Crippen LogP contribution in [0.1, 0.15) is 25.3 Å². The Morgan fingerprint density at radius 3 is 2.67 bits per heavy atom. The van der Waals surface area contributed by atoms with Gasteiger partial charge in [-0.1, -0.05) is 13.3 Å². The third-order valence-electron chi connectivity index (χ3n) is 3.37. The first-order chi connectivity index (χ1) is 11.6. The molecule has 0 aliphatic rings. The Bertz CT molecular complexity index is 695. The molecular weight excluding hydrogens is 374 g/mol. The molecule has 0 aliphatic heterocycles. The van der Waals surface area contributed by atoms with Crippen molar-refractivity contribution in [2.75, 3.05) is 26.1 Å². The van der Waals surface area contributed by atoms with E-state index in [1.54, 1.807) is 20.4 Å². The van der Waals surface area contributed by atoms with E-state index in [1.807, 2.05) is 19.1 Å². The molecule has 1 heterocycles. The summed E-state index contributed by atoms with van der Waals surface area (Å²) in [4.78, 5) is 8.67. The van der Waals surface area contributed by atoms with Gasteiger partial charge in [0.05, 0.1) is 31.5 Å². The van der Waals surface area contributed by atoms with Crippen LogP contribution in [0.25, 0.3) is 0 Å². The predicted molar refractivity (Wildman–Crippen MR) is 97.7 cm³/mol. The molecule has 0 spiro atoms. The van der Waals surface area contributed by atoms with Gasteiger partial charge in [-0.15, -0.1) is 0 Å². The molecule has 0 amide bonds. The van der Waals surface area contributed by atoms with E-state index in [1.165, 1.54) is 0 Å². The number of nitrogens with zero attached hydrogens (tertiary/aromatic N) is 2. The van der Waals surface area contributed by atoms with Crippen LogP contribution in [0.15, 0.2) is 22.8 Å². The maximum absolute atomic E-state index is 5.68. The lowest BCUT2D eigenvalue weighted by Crippen LogP contribution is -2.04. The second-order valence-corrected chi connectivity index (χ2v) is 6.06. The van der Waals surface area contributed by atoms with Crippen molar-refractivity contribution >= 4 is 27.6 Å². The number of benzene rings is 1. The molecular formula is C17H22BrN3O3. The van der Waals surface area contributed by atoms with Crippen molar-refractivity contribution in [1.29, 1.82) is 0 Å². The molecule has 24 heavy (non-hydrogen) atoms. The molecule has 2 rings (SSSR count). The number of hydrogen-bond acceptors (Lipinski definition) is 6. The zero-order chi connectivity index (χ0) is 17.5. The molecule has 7 heteroatoms. The van der Waals surface area contributed by atoms with Crippen molar-refractivity contribution in [3.63, 3.8) is 0 Å². The second-order valence-electron chi connectivity index (χ2n) is 5.20. The molecule has 0 saturated carbocycles. The molecule has 0 atom stereocenters. The van der Waals surface area contributed by atoms with E-state index in [2.05, 4.69) is 38.1 Å². The highest BCUT2D eigenvalue weighted by Crippen LogP contribution is 2.35. The lowest BCUT2D eigenvalue weighted by Gasteiger charge is -2.14. The van der Waals surface area contributed by atoms with Gasteiger partial charge in [-0.25, -0.2) is 4.98 Å². The van der Waals surface area contributed by atoms with Crippen molar-refractivity contribution in [2.45, 2.75) is 26.7 Å². The topological polar surface area (TPSA) is 65.5 Å². The molecule has 2 aromatic rings. The highest BCUT2D eigenvalue weighted by atomic mass is 79.9. The molecule has 0 aliphatic carbocycles. The van der Waals surface area contributed by atoms with Gasteiger partial charge in [0.1, 0.15) is 0 Å². The minimum Gasteiger partial charge on any atom is -0.493 e. The third kappa shape index (κ3) is 4.50. The summed E-state index contributed by atoms with van der Waals surface area (Å²) >= 11 is 3.41. The van der Waals surface area contributed by atoms with Crippen LogP contribution < -0.4 is 19.5 Å². The normalized spacial score (nSPS) is 10.4. The lowest BCUT2D eigenvalue weighted by atomic mass is 10.2. The standard InChI is InChI=1S/C17H22BrN3O3/c1-5-6-7-24-16-13(18)10-19-17(21-16)20-12-8-11(2)15(23-4)14(9-12)22-3/h8-10H,5-7H2,1-4H3,(H,19,20,21). The van der Waals surface area contributed by atoms with Crippen LogP contribution >= 0.6 is 15.9 Å². The highest BCUT2D eigenvalue weighted by Gasteiger charge is 2.11. The number of rotatable bonds is 8. The fourth-order valence-corrected chi connectivity index (χ4v) is 2.49. The van der Waals surface area contributed by atoms with E-state index in [0.29, 0.717) is 29.9 Å². The molecule has 130 valence electrons. The van der Waals surface area contributed by atoms with Crippen molar-refractivity contribution < 1.29 is 14.2 Å². The van der Waals surface area contributed by atoms with E-state index >= 15 is 0 Å². The largest absolute Gasteiger partial charge is 0.493 e. The summed E-state index contributed by atoms with van der Waals surface area (Å²) in [7, 11) is 3.23. The van der Waals surface area contributed by atoms with Gasteiger partial charge in [-0.2, -0.15) is 4.98 Å². The minimum absolute atomic E-state index is 0.455. The smallest absolute Gasteiger partial charge is 0.232 e. The van der Waals surface area contributed by atoms with E-state index < -0.39 is 0 Å². The fraction of sp³-hybridized carbons (Fsp3) is 0.412. The van der Waals surface area contributed by atoms with E-state index in [4.69, 9.17) is 14.2 Å². The number of aryl methyl sites for hydroxylation is 1. The maximum Gasteiger partial charge on any atom is 0.232 e. The highest BCUT2D eigenvalue weighted by molar-refractivity contribution is 9.10. The quantitative estimate of drug-likeness (QED) is 0.664. The molecule has 1 N–H and O–H groups in total. The second kappa shape index (κ2) is 8.73. The van der Waals surface area contributed by atoms with Gasteiger partial charge in [0.15, 0.2) is 11.5 Å². The van der Waals surface area contributed by atoms with E-state index in [9.17, 15) is 0 Å². The summed E-state index contributed by atoms with van der Waals surface area (Å²) in [5.74, 6) is 2.34. The molecule has 0 fully saturated rings. The molecule has 6 nitrogen and oxygen atoms in total. The van der Waals surface area contributed by atoms with Crippen LogP contribution in [0, 0.1) is 6.92 Å². The zero-order valence-electron chi connectivity index (χ0n) is 14.4. The number of ether oxygens (including phenoxy) is 3. The Kier molecular flexibility index (Phi) is 6.66. The minimum atomic E-state index is 0.455. The predicted octanol–water partition coefficient (Wildman–Crippen LogP) is 4.49. The molecule has 0 unspecified atom stereocenters. The van der Waals surface area contributed by atoms with Crippen LogP contribution in [-0.2, 0) is 0 Å². The average Bonchev–Trinajstić information content (AvgIpc) is 2.57. The maximum atomic E-state index is 5.68. The molecule has 0 radical (unpaired) electrons. The van der Waals surface area contributed by atoms with Gasteiger partial charge in [-0.3, -0.25) is 0 Å². The Morgan fingerprint density at radius 2 is 2.00 bits per heavy atom. The van der Waals surface area contributed by atoms with E-state index in [0.717, 1.165) is 28.6 Å². The Labute approximate surface area is 150 Å². The molecule has 0 bridgehead atoms. The van der Waals surface area contributed by atoms with Gasteiger partial charge < -0.3 is 19.5 Å². The van der Waals surface area contributed by atoms with Gasteiger partial charge >= 0.3 is 0 Å². The Balaban J connectivity index is 2.21. The van der Waals surface area contributed by atoms with E-state index in [-0.39, 0.29) is 0 Å². The molecule has 0 saturated heterocycles. The number of hydrogen-bond donors (Lipinski definition) is 1. The van der Waals surface area contributed by atoms with Gasteiger partial charge in [0, 0.05) is 11.8 Å². The summed E-state index contributed by atoms with van der Waals surface area (Å²) in [5.41, 5.74) is 1.77. The van der Waals surface area contributed by atoms with Crippen LogP contribution in [0.2, 0.25) is 0 Å². The Morgan fingerprint density at radius 1 is 1.21 bits per heavy atom. The van der Waals surface area contributed by atoms with Gasteiger partial charge in [-0.05, 0) is 40.9 Å². The molecule has 1 aromatic carbocycles. The number of halogens is 1. The third-order valence-corrected chi connectivity index (χ3v) is 3.91. The zero-order valence-corrected chi connectivity index (χ0v) is 15.9. The Hall–Kier alpha value is -2.02. The van der Waals surface area contributed by atoms with Gasteiger partial charge in [0.2, 0.25) is 11.8 Å². The summed E-state index contributed by atoms with van der Waals surface area (Å²) in [6.07, 6.45) is 3.72. The fourth-order valence-electron chi connectivity index (χ4n) is 2.18. The first-order valence-electron chi connectivity index (χ1n) is 7.74. The number of methoxy groups -OCH3 is 2.